The molecule has 0 radical (unpaired) electrons. The van der Waals surface area contributed by atoms with Crippen LogP contribution in [0.3, 0.4) is 0 Å². The van der Waals surface area contributed by atoms with Crippen LogP contribution in [0.15, 0.2) is 62.7 Å². The summed E-state index contributed by atoms with van der Waals surface area (Å²) in [5, 5.41) is 13.4. The fraction of sp³-hybridized carbons (Fsp3) is 0.111. The van der Waals surface area contributed by atoms with Gasteiger partial charge in [0.2, 0.25) is 9.84 Å². The maximum absolute atomic E-state index is 12.7. The second-order valence-electron chi connectivity index (χ2n) is 5.76. The quantitative estimate of drug-likeness (QED) is 0.316. The minimum absolute atomic E-state index is 0.0940. The van der Waals surface area contributed by atoms with Crippen molar-refractivity contribution in [3.8, 4) is 5.75 Å². The number of hydrogen-bond donors (Lipinski definition) is 1. The van der Waals surface area contributed by atoms with Gasteiger partial charge < -0.3 is 4.74 Å². The van der Waals surface area contributed by atoms with Crippen molar-refractivity contribution >= 4 is 49.7 Å². The number of nitro groups is 1. The Morgan fingerprint density at radius 2 is 1.93 bits per heavy atom. The number of rotatable bonds is 7. The molecule has 0 aliphatic carbocycles. The molecule has 0 saturated heterocycles. The number of sulfone groups is 1. The summed E-state index contributed by atoms with van der Waals surface area (Å²) in [7, 11) is -2.48. The van der Waals surface area contributed by atoms with Gasteiger partial charge in [-0.15, -0.1) is 11.8 Å². The molecule has 2 aromatic carbocycles. The number of benzene rings is 2. The number of carbonyl (C=O) groups excluding carboxylic acids is 1. The molecular formula is C18H15N3O6S3. The van der Waals surface area contributed by atoms with Crippen LogP contribution in [0.25, 0.3) is 0 Å². The normalized spacial score (nSPS) is 11.1. The van der Waals surface area contributed by atoms with E-state index in [0.717, 1.165) is 46.7 Å². The van der Waals surface area contributed by atoms with Crippen molar-refractivity contribution in [3.63, 3.8) is 0 Å². The first kappa shape index (κ1) is 21.7. The average molecular weight is 466 g/mol. The maximum Gasteiger partial charge on any atom is 0.269 e. The molecule has 9 nitrogen and oxygen atoms in total. The molecule has 30 heavy (non-hydrogen) atoms. The second-order valence-corrected chi connectivity index (χ2v) is 9.85. The maximum atomic E-state index is 12.7. The predicted molar refractivity (Wildman–Crippen MR) is 113 cm³/mol. The SMILES string of the molecule is COc1cc(SC)ccc1C(=O)Nc1ncc(S(=O)(=O)c2ccc([N+](=O)[O-])cc2)s1. The van der Waals surface area contributed by atoms with Crippen molar-refractivity contribution in [2.24, 2.45) is 0 Å². The molecule has 12 heteroatoms. The highest BCUT2D eigenvalue weighted by Gasteiger charge is 2.23. The van der Waals surface area contributed by atoms with Gasteiger partial charge in [0.25, 0.3) is 11.6 Å². The third-order valence-electron chi connectivity index (χ3n) is 3.98. The molecule has 3 aromatic rings. The standard InChI is InChI=1S/C18H15N3O6S3/c1-27-15-9-12(28-2)5-8-14(15)17(22)20-18-19-10-16(29-18)30(25,26)13-6-3-11(4-7-13)21(23)24/h3-10H,1-2H3,(H,19,20,22). The number of methoxy groups -OCH3 is 1. The van der Waals surface area contributed by atoms with Crippen LogP contribution in [0.4, 0.5) is 10.8 Å². The molecular weight excluding hydrogens is 450 g/mol. The third-order valence-corrected chi connectivity index (χ3v) is 7.85. The van der Waals surface area contributed by atoms with E-state index in [4.69, 9.17) is 4.74 Å². The van der Waals surface area contributed by atoms with Crippen molar-refractivity contribution in [2.45, 2.75) is 14.0 Å². The van der Waals surface area contributed by atoms with Crippen molar-refractivity contribution in [1.82, 2.24) is 4.98 Å². The number of non-ortho nitro benzene ring substituents is 1. The highest BCUT2D eigenvalue weighted by molar-refractivity contribution is 7.98. The van der Waals surface area contributed by atoms with E-state index in [0.29, 0.717) is 5.75 Å². The Morgan fingerprint density at radius 1 is 1.23 bits per heavy atom. The summed E-state index contributed by atoms with van der Waals surface area (Å²) in [6.45, 7) is 0. The van der Waals surface area contributed by atoms with E-state index in [1.54, 1.807) is 18.2 Å². The highest BCUT2D eigenvalue weighted by atomic mass is 32.2. The molecule has 0 fully saturated rings. The molecule has 1 N–H and O–H groups in total. The van der Waals surface area contributed by atoms with Crippen LogP contribution in [0.5, 0.6) is 5.75 Å². The molecule has 0 spiro atoms. The Bertz CT molecular complexity index is 1210. The molecule has 3 rings (SSSR count). The van der Waals surface area contributed by atoms with Crippen molar-refractivity contribution in [2.75, 3.05) is 18.7 Å². The van der Waals surface area contributed by atoms with Crippen molar-refractivity contribution < 1.29 is 22.9 Å². The fourth-order valence-corrected chi connectivity index (χ4v) is 5.31. The Kier molecular flexibility index (Phi) is 6.39. The number of aromatic nitrogens is 1. The number of carbonyl (C=O) groups is 1. The zero-order valence-corrected chi connectivity index (χ0v) is 18.1. The molecule has 0 saturated carbocycles. The van der Waals surface area contributed by atoms with Crippen LogP contribution < -0.4 is 10.1 Å². The van der Waals surface area contributed by atoms with E-state index >= 15 is 0 Å². The lowest BCUT2D eigenvalue weighted by molar-refractivity contribution is -0.384. The molecule has 156 valence electrons. The number of anilines is 1. The summed E-state index contributed by atoms with van der Waals surface area (Å²) >= 11 is 2.28. The van der Waals surface area contributed by atoms with E-state index < -0.39 is 20.7 Å². The number of ether oxygens (including phenoxy) is 1. The van der Waals surface area contributed by atoms with Gasteiger partial charge in [0, 0.05) is 17.0 Å². The first-order chi connectivity index (χ1) is 14.3. The van der Waals surface area contributed by atoms with E-state index in [1.165, 1.54) is 18.9 Å². The third kappa shape index (κ3) is 4.45. The largest absolute Gasteiger partial charge is 0.496 e. The van der Waals surface area contributed by atoms with Gasteiger partial charge in [-0.05, 0) is 36.6 Å². The molecule has 0 bridgehead atoms. The lowest BCUT2D eigenvalue weighted by Crippen LogP contribution is -2.13. The van der Waals surface area contributed by atoms with E-state index in [2.05, 4.69) is 10.3 Å². The molecule has 1 heterocycles. The van der Waals surface area contributed by atoms with Gasteiger partial charge in [-0.1, -0.05) is 11.3 Å². The molecule has 0 aliphatic heterocycles. The average Bonchev–Trinajstić information content (AvgIpc) is 3.22. The summed E-state index contributed by atoms with van der Waals surface area (Å²) < 4.78 is 30.6. The Labute approximate surface area is 180 Å². The van der Waals surface area contributed by atoms with Crippen molar-refractivity contribution in [3.05, 3.63) is 64.3 Å². The van der Waals surface area contributed by atoms with Crippen LogP contribution in [0.1, 0.15) is 10.4 Å². The highest BCUT2D eigenvalue weighted by Crippen LogP contribution is 2.31. The van der Waals surface area contributed by atoms with Gasteiger partial charge in [-0.2, -0.15) is 0 Å². The van der Waals surface area contributed by atoms with Crippen LogP contribution >= 0.6 is 23.1 Å². The number of thioether (sulfide) groups is 1. The smallest absolute Gasteiger partial charge is 0.269 e. The van der Waals surface area contributed by atoms with Gasteiger partial charge in [-0.25, -0.2) is 13.4 Å². The summed E-state index contributed by atoms with van der Waals surface area (Å²) in [6.07, 6.45) is 3.03. The summed E-state index contributed by atoms with van der Waals surface area (Å²) in [5.41, 5.74) is 0.0675. The predicted octanol–water partition coefficient (Wildman–Crippen LogP) is 3.87. The lowest BCUT2D eigenvalue weighted by Gasteiger charge is -2.09. The summed E-state index contributed by atoms with van der Waals surface area (Å²) in [4.78, 5) is 27.5. The first-order valence-corrected chi connectivity index (χ1v) is 11.8. The van der Waals surface area contributed by atoms with Crippen LogP contribution in [0, 0.1) is 10.1 Å². The number of nitrogens with zero attached hydrogens (tertiary/aromatic N) is 2. The Hall–Kier alpha value is -2.96. The molecule has 1 aromatic heterocycles. The summed E-state index contributed by atoms with van der Waals surface area (Å²) in [5.74, 6) is -0.109. The first-order valence-electron chi connectivity index (χ1n) is 8.25. The minimum Gasteiger partial charge on any atom is -0.496 e. The van der Waals surface area contributed by atoms with Crippen LogP contribution in [-0.2, 0) is 9.84 Å². The van der Waals surface area contributed by atoms with Crippen LogP contribution in [-0.4, -0.2) is 37.6 Å². The number of hydrogen-bond acceptors (Lipinski definition) is 9. The Balaban J connectivity index is 1.82. The van der Waals surface area contributed by atoms with E-state index in [-0.39, 0.29) is 25.5 Å². The minimum atomic E-state index is -3.93. The zero-order valence-electron chi connectivity index (χ0n) is 15.7. The number of nitro benzene ring substituents is 1. The lowest BCUT2D eigenvalue weighted by atomic mass is 10.2. The molecule has 0 atom stereocenters. The topological polar surface area (TPSA) is 128 Å². The number of amides is 1. The second kappa shape index (κ2) is 8.81. The van der Waals surface area contributed by atoms with Crippen LogP contribution in [0.2, 0.25) is 0 Å². The molecule has 0 aliphatic rings. The van der Waals surface area contributed by atoms with Crippen molar-refractivity contribution in [1.29, 1.82) is 0 Å². The molecule has 0 unspecified atom stereocenters. The van der Waals surface area contributed by atoms with Gasteiger partial charge >= 0.3 is 0 Å². The Morgan fingerprint density at radius 3 is 2.53 bits per heavy atom. The summed E-state index contributed by atoms with van der Waals surface area (Å²) in [6, 6.07) is 9.65. The number of nitrogens with one attached hydrogen (secondary N) is 1. The monoisotopic (exact) mass is 465 g/mol. The van der Waals surface area contributed by atoms with E-state index in [9.17, 15) is 23.3 Å². The van der Waals surface area contributed by atoms with E-state index in [1.807, 2.05) is 6.26 Å². The van der Waals surface area contributed by atoms with Gasteiger partial charge in [0.15, 0.2) is 5.13 Å². The molecule has 1 amide bonds. The number of thiazole rings is 1. The van der Waals surface area contributed by atoms with Gasteiger partial charge in [0.1, 0.15) is 9.96 Å². The van der Waals surface area contributed by atoms with Gasteiger partial charge in [0.05, 0.1) is 28.7 Å². The fourth-order valence-electron chi connectivity index (χ4n) is 2.46. The van der Waals surface area contributed by atoms with Gasteiger partial charge in [-0.3, -0.25) is 20.2 Å². The zero-order chi connectivity index (χ0) is 21.9.